The third kappa shape index (κ3) is 3.76. The monoisotopic (exact) mass is 340 g/mol. The molecular formula is C18H20N4O3. The number of Topliss-reactive ketones (excluding diaryl/α,β-unsaturated/α-hetero) is 1. The van der Waals surface area contributed by atoms with E-state index in [-0.39, 0.29) is 11.5 Å². The molecule has 7 heteroatoms. The Morgan fingerprint density at radius 3 is 2.08 bits per heavy atom. The summed E-state index contributed by atoms with van der Waals surface area (Å²) in [7, 11) is 1.32. The highest BCUT2D eigenvalue weighted by Gasteiger charge is 2.19. The van der Waals surface area contributed by atoms with E-state index in [9.17, 15) is 9.59 Å². The summed E-state index contributed by atoms with van der Waals surface area (Å²) in [6, 6.07) is 11.1. The molecule has 0 spiro atoms. The molecule has 1 saturated heterocycles. The van der Waals surface area contributed by atoms with Crippen molar-refractivity contribution in [2.45, 2.75) is 6.92 Å². The molecule has 2 aromatic rings. The highest BCUT2D eigenvalue weighted by atomic mass is 16.5. The molecule has 0 amide bonds. The SMILES string of the molecule is COC(=O)c1ccc(N2CCN(c3ccc(C(C)=O)cc3)CC2)nn1. The van der Waals surface area contributed by atoms with Crippen molar-refractivity contribution < 1.29 is 14.3 Å². The molecule has 2 heterocycles. The van der Waals surface area contributed by atoms with Crippen molar-refractivity contribution in [1.29, 1.82) is 0 Å². The van der Waals surface area contributed by atoms with Gasteiger partial charge in [-0.2, -0.15) is 0 Å². The van der Waals surface area contributed by atoms with Crippen molar-refractivity contribution in [1.82, 2.24) is 10.2 Å². The summed E-state index contributed by atoms with van der Waals surface area (Å²) in [5, 5.41) is 8.04. The van der Waals surface area contributed by atoms with Crippen LogP contribution in [0, 0.1) is 0 Å². The van der Waals surface area contributed by atoms with Gasteiger partial charge < -0.3 is 14.5 Å². The zero-order chi connectivity index (χ0) is 17.8. The lowest BCUT2D eigenvalue weighted by Gasteiger charge is -2.36. The number of ether oxygens (including phenoxy) is 1. The van der Waals surface area contributed by atoms with Gasteiger partial charge in [-0.25, -0.2) is 4.79 Å². The minimum atomic E-state index is -0.488. The average Bonchev–Trinajstić information content (AvgIpc) is 2.67. The third-order valence-electron chi connectivity index (χ3n) is 4.29. The molecule has 1 aromatic carbocycles. The summed E-state index contributed by atoms with van der Waals surface area (Å²) in [5.74, 6) is 0.336. The van der Waals surface area contributed by atoms with E-state index in [1.54, 1.807) is 19.1 Å². The van der Waals surface area contributed by atoms with Crippen LogP contribution in [0.1, 0.15) is 27.8 Å². The molecule has 0 unspecified atom stereocenters. The van der Waals surface area contributed by atoms with Crippen molar-refractivity contribution in [3.05, 3.63) is 47.7 Å². The minimum Gasteiger partial charge on any atom is -0.464 e. The molecule has 7 nitrogen and oxygen atoms in total. The smallest absolute Gasteiger partial charge is 0.358 e. The molecule has 0 N–H and O–H groups in total. The number of rotatable bonds is 4. The van der Waals surface area contributed by atoms with Crippen LogP contribution in [0.4, 0.5) is 11.5 Å². The predicted octanol–water partition coefficient (Wildman–Crippen LogP) is 1.79. The number of ketones is 1. The predicted molar refractivity (Wildman–Crippen MR) is 94.2 cm³/mol. The van der Waals surface area contributed by atoms with E-state index in [2.05, 4.69) is 24.7 Å². The summed E-state index contributed by atoms with van der Waals surface area (Å²) in [6.45, 7) is 4.88. The quantitative estimate of drug-likeness (QED) is 0.620. The van der Waals surface area contributed by atoms with Gasteiger partial charge in [-0.3, -0.25) is 4.79 Å². The van der Waals surface area contributed by atoms with Gasteiger partial charge in [0.25, 0.3) is 0 Å². The van der Waals surface area contributed by atoms with E-state index < -0.39 is 5.97 Å². The standard InChI is InChI=1S/C18H20N4O3/c1-13(23)14-3-5-15(6-4-14)21-9-11-22(12-10-21)17-8-7-16(19-20-17)18(24)25-2/h3-8H,9-12H2,1-2H3. The molecule has 1 aliphatic rings. The van der Waals surface area contributed by atoms with Gasteiger partial charge in [0.1, 0.15) is 0 Å². The van der Waals surface area contributed by atoms with Crippen LogP contribution in [0.15, 0.2) is 36.4 Å². The highest BCUT2D eigenvalue weighted by Crippen LogP contribution is 2.20. The van der Waals surface area contributed by atoms with Crippen LogP contribution >= 0.6 is 0 Å². The summed E-state index contributed by atoms with van der Waals surface area (Å²) in [6.07, 6.45) is 0. The maximum absolute atomic E-state index is 11.4. The van der Waals surface area contributed by atoms with E-state index >= 15 is 0 Å². The van der Waals surface area contributed by atoms with Gasteiger partial charge in [0.15, 0.2) is 17.3 Å². The molecule has 130 valence electrons. The Kier molecular flexibility index (Phi) is 4.92. The molecule has 0 aliphatic carbocycles. The topological polar surface area (TPSA) is 75.6 Å². The van der Waals surface area contributed by atoms with Crippen molar-refractivity contribution in [2.75, 3.05) is 43.1 Å². The molecule has 0 saturated carbocycles. The first kappa shape index (κ1) is 16.9. The Bertz CT molecular complexity index is 751. The normalized spacial score (nSPS) is 14.3. The van der Waals surface area contributed by atoms with Crippen LogP contribution in [-0.2, 0) is 4.74 Å². The summed E-state index contributed by atoms with van der Waals surface area (Å²) < 4.78 is 4.62. The average molecular weight is 340 g/mol. The van der Waals surface area contributed by atoms with Crippen LogP contribution < -0.4 is 9.80 Å². The molecule has 1 aromatic heterocycles. The molecule has 1 aliphatic heterocycles. The van der Waals surface area contributed by atoms with E-state index in [0.717, 1.165) is 43.2 Å². The van der Waals surface area contributed by atoms with Gasteiger partial charge in [0.2, 0.25) is 0 Å². The second-order valence-corrected chi connectivity index (χ2v) is 5.85. The number of nitrogens with zero attached hydrogens (tertiary/aromatic N) is 4. The van der Waals surface area contributed by atoms with Gasteiger partial charge in [-0.05, 0) is 43.3 Å². The lowest BCUT2D eigenvalue weighted by molar-refractivity contribution is 0.0592. The van der Waals surface area contributed by atoms with Crippen LogP contribution in [0.2, 0.25) is 0 Å². The number of hydrogen-bond donors (Lipinski definition) is 0. The first-order valence-electron chi connectivity index (χ1n) is 8.11. The fourth-order valence-corrected chi connectivity index (χ4v) is 2.81. The van der Waals surface area contributed by atoms with Gasteiger partial charge >= 0.3 is 5.97 Å². The summed E-state index contributed by atoms with van der Waals surface area (Å²) >= 11 is 0. The molecular weight excluding hydrogens is 320 g/mol. The molecule has 25 heavy (non-hydrogen) atoms. The number of carbonyl (C=O) groups is 2. The lowest BCUT2D eigenvalue weighted by atomic mass is 10.1. The summed E-state index contributed by atoms with van der Waals surface area (Å²) in [4.78, 5) is 27.2. The van der Waals surface area contributed by atoms with E-state index in [4.69, 9.17) is 0 Å². The van der Waals surface area contributed by atoms with E-state index in [0.29, 0.717) is 0 Å². The number of aromatic nitrogens is 2. The van der Waals surface area contributed by atoms with Gasteiger partial charge in [-0.1, -0.05) is 0 Å². The zero-order valence-electron chi connectivity index (χ0n) is 14.3. The van der Waals surface area contributed by atoms with Crippen molar-refractivity contribution in [2.24, 2.45) is 0 Å². The van der Waals surface area contributed by atoms with Gasteiger partial charge in [0, 0.05) is 37.4 Å². The Morgan fingerprint density at radius 1 is 0.920 bits per heavy atom. The fourth-order valence-electron chi connectivity index (χ4n) is 2.81. The lowest BCUT2D eigenvalue weighted by Crippen LogP contribution is -2.46. The van der Waals surface area contributed by atoms with Crippen LogP contribution in [0.5, 0.6) is 0 Å². The second kappa shape index (κ2) is 7.29. The number of methoxy groups -OCH3 is 1. The first-order valence-corrected chi connectivity index (χ1v) is 8.11. The number of piperazine rings is 1. The molecule has 1 fully saturated rings. The van der Waals surface area contributed by atoms with Crippen LogP contribution in [0.3, 0.4) is 0 Å². The minimum absolute atomic E-state index is 0.0744. The summed E-state index contributed by atoms with van der Waals surface area (Å²) in [5.41, 5.74) is 2.04. The van der Waals surface area contributed by atoms with E-state index in [1.807, 2.05) is 24.3 Å². The van der Waals surface area contributed by atoms with Gasteiger partial charge in [-0.15, -0.1) is 10.2 Å². The maximum Gasteiger partial charge on any atom is 0.358 e. The Hall–Kier alpha value is -2.96. The van der Waals surface area contributed by atoms with Crippen LogP contribution in [0.25, 0.3) is 0 Å². The second-order valence-electron chi connectivity index (χ2n) is 5.85. The number of anilines is 2. The largest absolute Gasteiger partial charge is 0.464 e. The number of benzene rings is 1. The number of hydrogen-bond acceptors (Lipinski definition) is 7. The van der Waals surface area contributed by atoms with Crippen molar-refractivity contribution >= 4 is 23.3 Å². The highest BCUT2D eigenvalue weighted by molar-refractivity contribution is 5.94. The first-order chi connectivity index (χ1) is 12.1. The van der Waals surface area contributed by atoms with Gasteiger partial charge in [0.05, 0.1) is 7.11 Å². The molecule has 3 rings (SSSR count). The number of esters is 1. The Morgan fingerprint density at radius 2 is 1.56 bits per heavy atom. The van der Waals surface area contributed by atoms with Crippen molar-refractivity contribution in [3.63, 3.8) is 0 Å². The Balaban J connectivity index is 1.61. The third-order valence-corrected chi connectivity index (χ3v) is 4.29. The molecule has 0 atom stereocenters. The Labute approximate surface area is 146 Å². The maximum atomic E-state index is 11.4. The molecule has 0 radical (unpaired) electrons. The zero-order valence-corrected chi connectivity index (χ0v) is 14.3. The van der Waals surface area contributed by atoms with E-state index in [1.165, 1.54) is 7.11 Å². The fraction of sp³-hybridized carbons (Fsp3) is 0.333. The number of carbonyl (C=O) groups excluding carboxylic acids is 2. The van der Waals surface area contributed by atoms with Crippen molar-refractivity contribution in [3.8, 4) is 0 Å². The molecule has 0 bridgehead atoms. The van der Waals surface area contributed by atoms with Crippen LogP contribution in [-0.4, -0.2) is 55.2 Å².